The predicted molar refractivity (Wildman–Crippen MR) is 63.6 cm³/mol. The van der Waals surface area contributed by atoms with Crippen molar-refractivity contribution >= 4 is 11.6 Å². The molecule has 0 heterocycles. The van der Waals surface area contributed by atoms with Gasteiger partial charge in [-0.1, -0.05) is 19.9 Å². The third-order valence-electron chi connectivity index (χ3n) is 3.41. The van der Waals surface area contributed by atoms with E-state index >= 15 is 0 Å². The molecule has 2 atom stereocenters. The van der Waals surface area contributed by atoms with Crippen LogP contribution in [0.4, 0.5) is 4.39 Å². The predicted octanol–water partition coefficient (Wildman–Crippen LogP) is 3.92. The largest absolute Gasteiger partial charge is 0.487 e. The van der Waals surface area contributed by atoms with Crippen molar-refractivity contribution in [2.24, 2.45) is 5.41 Å². The summed E-state index contributed by atoms with van der Waals surface area (Å²) in [5.74, 6) is 0.0288. The molecule has 1 aliphatic rings. The summed E-state index contributed by atoms with van der Waals surface area (Å²) in [7, 11) is 0. The van der Waals surface area contributed by atoms with Crippen LogP contribution in [0.1, 0.15) is 25.8 Å². The number of alkyl halides is 1. The number of hydrogen-bond donors (Lipinski definition) is 0. The van der Waals surface area contributed by atoms with Gasteiger partial charge in [-0.15, -0.1) is 11.6 Å². The number of hydrogen-bond acceptors (Lipinski definition) is 1. The van der Waals surface area contributed by atoms with Gasteiger partial charge in [-0.05, 0) is 24.6 Å². The fourth-order valence-electron chi connectivity index (χ4n) is 1.89. The molecule has 0 spiro atoms. The Morgan fingerprint density at radius 3 is 2.69 bits per heavy atom. The third kappa shape index (κ3) is 1.91. The topological polar surface area (TPSA) is 9.23 Å². The first-order valence-corrected chi connectivity index (χ1v) is 5.92. The van der Waals surface area contributed by atoms with Crippen molar-refractivity contribution < 1.29 is 9.13 Å². The van der Waals surface area contributed by atoms with Crippen LogP contribution in [-0.4, -0.2) is 11.5 Å². The second-order valence-electron chi connectivity index (χ2n) is 5.06. The summed E-state index contributed by atoms with van der Waals surface area (Å²) in [5, 5.41) is 0.116. The molecule has 2 rings (SSSR count). The van der Waals surface area contributed by atoms with Crippen molar-refractivity contribution in [2.75, 3.05) is 0 Å². The average Bonchev–Trinajstić information content (AvgIpc) is 2.23. The normalized spacial score (nSPS) is 27.3. The maximum absolute atomic E-state index is 13.5. The molecule has 1 fully saturated rings. The Labute approximate surface area is 101 Å². The first-order chi connectivity index (χ1) is 7.41. The molecule has 1 aliphatic carbocycles. The van der Waals surface area contributed by atoms with Crippen molar-refractivity contribution in [3.8, 4) is 5.75 Å². The molecule has 3 heteroatoms. The molecule has 88 valence electrons. The molecule has 1 nitrogen and oxygen atoms in total. The van der Waals surface area contributed by atoms with Gasteiger partial charge in [0.25, 0.3) is 0 Å². The van der Waals surface area contributed by atoms with E-state index in [9.17, 15) is 4.39 Å². The smallest absolute Gasteiger partial charge is 0.165 e. The van der Waals surface area contributed by atoms with Crippen LogP contribution in [0.15, 0.2) is 18.2 Å². The summed E-state index contributed by atoms with van der Waals surface area (Å²) in [6, 6.07) is 4.90. The zero-order valence-electron chi connectivity index (χ0n) is 9.76. The van der Waals surface area contributed by atoms with Crippen molar-refractivity contribution in [1.82, 2.24) is 0 Å². The lowest BCUT2D eigenvalue weighted by Gasteiger charge is -2.48. The van der Waals surface area contributed by atoms with Crippen LogP contribution in [0.25, 0.3) is 0 Å². The van der Waals surface area contributed by atoms with Crippen molar-refractivity contribution in [3.05, 3.63) is 29.6 Å². The van der Waals surface area contributed by atoms with Gasteiger partial charge in [0.15, 0.2) is 11.6 Å². The van der Waals surface area contributed by atoms with E-state index in [1.54, 1.807) is 12.1 Å². The zero-order valence-corrected chi connectivity index (χ0v) is 10.5. The lowest BCUT2D eigenvalue weighted by molar-refractivity contribution is -0.0153. The van der Waals surface area contributed by atoms with Gasteiger partial charge in [0.1, 0.15) is 6.10 Å². The standard InChI is InChI=1S/C13H16ClFO/c1-8-4-5-9(15)10(6-8)16-12-7-11(14)13(12,2)3/h4-6,11-12H,7H2,1-3H3. The Hall–Kier alpha value is -0.760. The summed E-state index contributed by atoms with van der Waals surface area (Å²) in [5.41, 5.74) is 0.911. The Morgan fingerprint density at radius 2 is 2.12 bits per heavy atom. The Kier molecular flexibility index (Phi) is 2.87. The molecule has 0 N–H and O–H groups in total. The second-order valence-corrected chi connectivity index (χ2v) is 5.59. The molecule has 0 aromatic heterocycles. The maximum atomic E-state index is 13.5. The van der Waals surface area contributed by atoms with E-state index in [4.69, 9.17) is 16.3 Å². The molecule has 0 radical (unpaired) electrons. The number of rotatable bonds is 2. The minimum absolute atomic E-state index is 0.00583. The molecule has 1 aromatic carbocycles. The minimum Gasteiger partial charge on any atom is -0.487 e. The number of aryl methyl sites for hydroxylation is 1. The molecule has 0 bridgehead atoms. The van der Waals surface area contributed by atoms with E-state index in [0.29, 0.717) is 5.75 Å². The number of halogens is 2. The van der Waals surface area contributed by atoms with Crippen LogP contribution < -0.4 is 4.74 Å². The first-order valence-electron chi connectivity index (χ1n) is 5.48. The van der Waals surface area contributed by atoms with Gasteiger partial charge in [-0.25, -0.2) is 4.39 Å². The first kappa shape index (κ1) is 11.7. The highest BCUT2D eigenvalue weighted by atomic mass is 35.5. The van der Waals surface area contributed by atoms with Gasteiger partial charge in [-0.3, -0.25) is 0 Å². The lowest BCUT2D eigenvalue weighted by Crippen LogP contribution is -2.53. The molecule has 2 unspecified atom stereocenters. The van der Waals surface area contributed by atoms with E-state index in [0.717, 1.165) is 12.0 Å². The highest BCUT2D eigenvalue weighted by Crippen LogP contribution is 2.46. The fourth-order valence-corrected chi connectivity index (χ4v) is 2.19. The van der Waals surface area contributed by atoms with E-state index in [1.807, 2.05) is 20.8 Å². The monoisotopic (exact) mass is 242 g/mol. The molecular weight excluding hydrogens is 227 g/mol. The molecule has 0 amide bonds. The second kappa shape index (κ2) is 3.92. The van der Waals surface area contributed by atoms with Crippen molar-refractivity contribution in [3.63, 3.8) is 0 Å². The zero-order chi connectivity index (χ0) is 11.9. The lowest BCUT2D eigenvalue weighted by atomic mass is 9.68. The fraction of sp³-hybridized carbons (Fsp3) is 0.538. The summed E-state index contributed by atoms with van der Waals surface area (Å²) in [4.78, 5) is 0. The van der Waals surface area contributed by atoms with Gasteiger partial charge in [-0.2, -0.15) is 0 Å². The minimum atomic E-state index is -0.306. The van der Waals surface area contributed by atoms with Gasteiger partial charge in [0, 0.05) is 17.2 Å². The van der Waals surface area contributed by atoms with E-state index in [-0.39, 0.29) is 22.7 Å². The Morgan fingerprint density at radius 1 is 1.44 bits per heavy atom. The highest BCUT2D eigenvalue weighted by Gasteiger charge is 2.49. The van der Waals surface area contributed by atoms with Gasteiger partial charge in [0.05, 0.1) is 0 Å². The van der Waals surface area contributed by atoms with Crippen LogP contribution >= 0.6 is 11.6 Å². The number of ether oxygens (including phenoxy) is 1. The van der Waals surface area contributed by atoms with Crippen LogP contribution in [0.5, 0.6) is 5.75 Å². The molecular formula is C13H16ClFO. The van der Waals surface area contributed by atoms with Crippen LogP contribution in [0, 0.1) is 18.2 Å². The van der Waals surface area contributed by atoms with Crippen LogP contribution in [0.3, 0.4) is 0 Å². The van der Waals surface area contributed by atoms with Crippen molar-refractivity contribution in [2.45, 2.75) is 38.7 Å². The molecule has 0 aliphatic heterocycles. The maximum Gasteiger partial charge on any atom is 0.165 e. The third-order valence-corrected chi connectivity index (χ3v) is 4.15. The molecule has 1 saturated carbocycles. The van der Waals surface area contributed by atoms with Crippen LogP contribution in [-0.2, 0) is 0 Å². The summed E-state index contributed by atoms with van der Waals surface area (Å²) >= 11 is 6.10. The summed E-state index contributed by atoms with van der Waals surface area (Å²) in [6.07, 6.45) is 0.786. The average molecular weight is 243 g/mol. The summed E-state index contributed by atoms with van der Waals surface area (Å²) < 4.78 is 19.2. The quantitative estimate of drug-likeness (QED) is 0.715. The Balaban J connectivity index is 2.13. The van der Waals surface area contributed by atoms with E-state index in [2.05, 4.69) is 0 Å². The van der Waals surface area contributed by atoms with Gasteiger partial charge in [0.2, 0.25) is 0 Å². The highest BCUT2D eigenvalue weighted by molar-refractivity contribution is 6.21. The molecule has 1 aromatic rings. The van der Waals surface area contributed by atoms with E-state index in [1.165, 1.54) is 6.07 Å². The van der Waals surface area contributed by atoms with Gasteiger partial charge < -0.3 is 4.74 Å². The van der Waals surface area contributed by atoms with E-state index < -0.39 is 0 Å². The summed E-state index contributed by atoms with van der Waals surface area (Å²) in [6.45, 7) is 6.02. The Bertz CT molecular complexity index is 403. The van der Waals surface area contributed by atoms with Gasteiger partial charge >= 0.3 is 0 Å². The van der Waals surface area contributed by atoms with Crippen LogP contribution in [0.2, 0.25) is 0 Å². The molecule has 16 heavy (non-hydrogen) atoms. The van der Waals surface area contributed by atoms with Crippen molar-refractivity contribution in [1.29, 1.82) is 0 Å². The number of benzene rings is 1. The SMILES string of the molecule is Cc1ccc(F)c(OC2CC(Cl)C2(C)C)c1. The molecule has 0 saturated heterocycles.